The second-order valence-corrected chi connectivity index (χ2v) is 5.13. The van der Waals surface area contributed by atoms with Crippen LogP contribution in [0.25, 0.3) is 0 Å². The first-order valence-corrected chi connectivity index (χ1v) is 7.65. The van der Waals surface area contributed by atoms with Gasteiger partial charge in [-0.1, -0.05) is 12.1 Å². The topological polar surface area (TPSA) is 70.7 Å². The minimum Gasteiger partial charge on any atom is -0.492 e. The van der Waals surface area contributed by atoms with Crippen molar-refractivity contribution in [2.45, 2.75) is 13.8 Å². The van der Waals surface area contributed by atoms with Crippen LogP contribution in [0.4, 0.5) is 21.9 Å². The fourth-order valence-corrected chi connectivity index (χ4v) is 2.09. The molecule has 24 heavy (non-hydrogen) atoms. The molecule has 2 N–H and O–H groups in total. The second kappa shape index (κ2) is 8.01. The molecule has 0 aliphatic carbocycles. The summed E-state index contributed by atoms with van der Waals surface area (Å²) in [4.78, 5) is 25.0. The molecular formula is C18H21N3O3. The molecule has 2 aromatic carbocycles. The SMILES string of the molecule is CCOc1ccccc1NC(=O)Nc1ccc(N(C)C(C)=O)cc1. The van der Waals surface area contributed by atoms with E-state index in [1.54, 1.807) is 43.4 Å². The molecule has 6 nitrogen and oxygen atoms in total. The molecule has 0 spiro atoms. The van der Waals surface area contributed by atoms with Gasteiger partial charge in [0.1, 0.15) is 5.75 Å². The van der Waals surface area contributed by atoms with E-state index in [2.05, 4.69) is 10.6 Å². The van der Waals surface area contributed by atoms with Gasteiger partial charge in [0.05, 0.1) is 12.3 Å². The van der Waals surface area contributed by atoms with E-state index in [0.717, 1.165) is 5.69 Å². The Balaban J connectivity index is 2.01. The van der Waals surface area contributed by atoms with Crippen LogP contribution in [0.1, 0.15) is 13.8 Å². The Morgan fingerprint density at radius 1 is 1.04 bits per heavy atom. The lowest BCUT2D eigenvalue weighted by molar-refractivity contribution is -0.116. The van der Waals surface area contributed by atoms with Gasteiger partial charge in [-0.15, -0.1) is 0 Å². The molecular weight excluding hydrogens is 306 g/mol. The Morgan fingerprint density at radius 3 is 2.33 bits per heavy atom. The van der Waals surface area contributed by atoms with E-state index in [0.29, 0.717) is 23.7 Å². The van der Waals surface area contributed by atoms with E-state index < -0.39 is 0 Å². The maximum atomic E-state index is 12.1. The fraction of sp³-hybridized carbons (Fsp3) is 0.222. The summed E-state index contributed by atoms with van der Waals surface area (Å²) in [5.74, 6) is 0.564. The molecule has 2 rings (SSSR count). The van der Waals surface area contributed by atoms with Crippen molar-refractivity contribution < 1.29 is 14.3 Å². The van der Waals surface area contributed by atoms with Crippen molar-refractivity contribution in [2.24, 2.45) is 0 Å². The molecule has 0 aliphatic heterocycles. The van der Waals surface area contributed by atoms with E-state index in [9.17, 15) is 9.59 Å². The van der Waals surface area contributed by atoms with Crippen molar-refractivity contribution >= 4 is 29.0 Å². The minimum atomic E-state index is -0.366. The number of nitrogens with one attached hydrogen (secondary N) is 2. The van der Waals surface area contributed by atoms with E-state index in [-0.39, 0.29) is 11.9 Å². The van der Waals surface area contributed by atoms with Crippen molar-refractivity contribution in [3.8, 4) is 5.75 Å². The first-order valence-electron chi connectivity index (χ1n) is 7.65. The summed E-state index contributed by atoms with van der Waals surface area (Å²) in [6.45, 7) is 3.90. The van der Waals surface area contributed by atoms with Crippen LogP contribution in [-0.4, -0.2) is 25.6 Å². The molecule has 0 atom stereocenters. The zero-order chi connectivity index (χ0) is 17.5. The van der Waals surface area contributed by atoms with E-state index in [4.69, 9.17) is 4.74 Å². The smallest absolute Gasteiger partial charge is 0.323 e. The lowest BCUT2D eigenvalue weighted by Gasteiger charge is -2.16. The molecule has 0 saturated heterocycles. The van der Waals surface area contributed by atoms with E-state index in [1.807, 2.05) is 19.1 Å². The predicted octanol–water partition coefficient (Wildman–Crippen LogP) is 3.71. The lowest BCUT2D eigenvalue weighted by atomic mass is 10.2. The average Bonchev–Trinajstić information content (AvgIpc) is 2.57. The summed E-state index contributed by atoms with van der Waals surface area (Å²) < 4.78 is 5.47. The lowest BCUT2D eigenvalue weighted by Crippen LogP contribution is -2.23. The molecule has 0 bridgehead atoms. The summed E-state index contributed by atoms with van der Waals surface area (Å²) in [5.41, 5.74) is 1.99. The number of carbonyl (C=O) groups is 2. The van der Waals surface area contributed by atoms with Gasteiger partial charge in [-0.05, 0) is 43.3 Å². The molecule has 0 saturated carbocycles. The standard InChI is InChI=1S/C18H21N3O3/c1-4-24-17-8-6-5-7-16(17)20-18(23)19-14-9-11-15(12-10-14)21(3)13(2)22/h5-12H,4H2,1-3H3,(H2,19,20,23). The van der Waals surface area contributed by atoms with Crippen LogP contribution < -0.4 is 20.3 Å². The van der Waals surface area contributed by atoms with Crippen molar-refractivity contribution in [3.63, 3.8) is 0 Å². The second-order valence-electron chi connectivity index (χ2n) is 5.13. The van der Waals surface area contributed by atoms with Gasteiger partial charge >= 0.3 is 6.03 Å². The molecule has 3 amide bonds. The molecule has 0 unspecified atom stereocenters. The van der Waals surface area contributed by atoms with Crippen molar-refractivity contribution in [1.29, 1.82) is 0 Å². The van der Waals surface area contributed by atoms with Gasteiger partial charge in [-0.25, -0.2) is 4.79 Å². The summed E-state index contributed by atoms with van der Waals surface area (Å²) in [6, 6.07) is 13.9. The summed E-state index contributed by atoms with van der Waals surface area (Å²) >= 11 is 0. The number of carbonyl (C=O) groups excluding carboxylic acids is 2. The number of benzene rings is 2. The summed E-state index contributed by atoms with van der Waals surface area (Å²) in [5, 5.41) is 5.51. The molecule has 6 heteroatoms. The highest BCUT2D eigenvalue weighted by Crippen LogP contribution is 2.24. The number of hydrogen-bond donors (Lipinski definition) is 2. The number of para-hydroxylation sites is 2. The van der Waals surface area contributed by atoms with Gasteiger partial charge in [-0.3, -0.25) is 4.79 Å². The van der Waals surface area contributed by atoms with Gasteiger partial charge in [0.25, 0.3) is 0 Å². The molecule has 0 heterocycles. The minimum absolute atomic E-state index is 0.0546. The Hall–Kier alpha value is -3.02. The van der Waals surface area contributed by atoms with Gasteiger partial charge in [-0.2, -0.15) is 0 Å². The molecule has 0 aromatic heterocycles. The van der Waals surface area contributed by atoms with E-state index in [1.165, 1.54) is 11.8 Å². The third kappa shape index (κ3) is 4.49. The zero-order valence-electron chi connectivity index (χ0n) is 14.0. The van der Waals surface area contributed by atoms with Crippen LogP contribution in [-0.2, 0) is 4.79 Å². The average molecular weight is 327 g/mol. The van der Waals surface area contributed by atoms with Crippen LogP contribution in [0.2, 0.25) is 0 Å². The van der Waals surface area contributed by atoms with Crippen molar-refractivity contribution in [3.05, 3.63) is 48.5 Å². The first-order chi connectivity index (χ1) is 11.5. The molecule has 0 aliphatic rings. The largest absolute Gasteiger partial charge is 0.492 e. The highest BCUT2D eigenvalue weighted by atomic mass is 16.5. The molecule has 2 aromatic rings. The normalized spacial score (nSPS) is 9.96. The predicted molar refractivity (Wildman–Crippen MR) is 95.8 cm³/mol. The summed E-state index contributed by atoms with van der Waals surface area (Å²) in [6.07, 6.45) is 0. The summed E-state index contributed by atoms with van der Waals surface area (Å²) in [7, 11) is 1.70. The number of nitrogens with zero attached hydrogens (tertiary/aromatic N) is 1. The van der Waals surface area contributed by atoms with Gasteiger partial charge in [0, 0.05) is 25.3 Å². The van der Waals surface area contributed by atoms with Crippen LogP contribution in [0.5, 0.6) is 5.75 Å². The van der Waals surface area contributed by atoms with Crippen LogP contribution in [0.15, 0.2) is 48.5 Å². The molecule has 0 fully saturated rings. The molecule has 0 radical (unpaired) electrons. The maximum Gasteiger partial charge on any atom is 0.323 e. The highest BCUT2D eigenvalue weighted by molar-refractivity contribution is 6.01. The Kier molecular flexibility index (Phi) is 5.78. The van der Waals surface area contributed by atoms with Gasteiger partial charge < -0.3 is 20.3 Å². The highest BCUT2D eigenvalue weighted by Gasteiger charge is 2.09. The number of ether oxygens (including phenoxy) is 1. The number of anilines is 3. The van der Waals surface area contributed by atoms with Crippen LogP contribution in [0.3, 0.4) is 0 Å². The number of urea groups is 1. The fourth-order valence-electron chi connectivity index (χ4n) is 2.09. The Bertz CT molecular complexity index is 714. The Labute approximate surface area is 141 Å². The van der Waals surface area contributed by atoms with Crippen molar-refractivity contribution in [1.82, 2.24) is 0 Å². The monoisotopic (exact) mass is 327 g/mol. The quantitative estimate of drug-likeness (QED) is 0.879. The van der Waals surface area contributed by atoms with Crippen LogP contribution >= 0.6 is 0 Å². The first kappa shape index (κ1) is 17.3. The van der Waals surface area contributed by atoms with Gasteiger partial charge in [0.2, 0.25) is 5.91 Å². The molecule has 126 valence electrons. The maximum absolute atomic E-state index is 12.1. The van der Waals surface area contributed by atoms with Gasteiger partial charge in [0.15, 0.2) is 0 Å². The van der Waals surface area contributed by atoms with Crippen molar-refractivity contribution in [2.75, 3.05) is 29.2 Å². The zero-order valence-corrected chi connectivity index (χ0v) is 14.0. The third-order valence-electron chi connectivity index (χ3n) is 3.42. The number of hydrogen-bond acceptors (Lipinski definition) is 3. The number of amides is 3. The Morgan fingerprint density at radius 2 is 1.71 bits per heavy atom. The third-order valence-corrected chi connectivity index (χ3v) is 3.42. The van der Waals surface area contributed by atoms with E-state index >= 15 is 0 Å². The number of rotatable bonds is 5. The van der Waals surface area contributed by atoms with Crippen LogP contribution in [0, 0.1) is 0 Å².